The molecule has 149 heavy (non-hydrogen) atoms. The Kier molecular flexibility index (Phi) is 36.0. The number of nitrogens with one attached hydrogen (secondary N) is 5. The molecule has 10 N–H and O–H groups in total. The van der Waals surface area contributed by atoms with Crippen LogP contribution in [0.2, 0.25) is 0 Å². The van der Waals surface area contributed by atoms with Crippen molar-refractivity contribution < 1.29 is 95.5 Å². The van der Waals surface area contributed by atoms with Crippen molar-refractivity contribution in [2.24, 2.45) is 0 Å². The number of hydrogen-bond acceptors (Lipinski definition) is 26. The molecule has 5 aromatic heterocycles. The lowest BCUT2D eigenvalue weighted by Crippen LogP contribution is -2.54. The van der Waals surface area contributed by atoms with Crippen molar-refractivity contribution in [2.75, 3.05) is 64.3 Å². The number of carbonyl (C=O) groups is 5. The number of aliphatic hydroxyl groups excluding tert-OH is 5. The molecule has 21 rings (SSSR count). The number of amides is 5. The maximum atomic E-state index is 13.1. The van der Waals surface area contributed by atoms with Crippen LogP contribution >= 0.6 is 0 Å². The molecule has 10 heterocycles. The van der Waals surface area contributed by atoms with Crippen molar-refractivity contribution in [2.45, 2.75) is 291 Å². The van der Waals surface area contributed by atoms with Crippen LogP contribution < -0.4 is 90.6 Å². The summed E-state index contributed by atoms with van der Waals surface area (Å²) in [4.78, 5) is 112. The summed E-state index contributed by atoms with van der Waals surface area (Å²) in [6, 6.07) is 54.0. The molecule has 37 heteroatoms. The van der Waals surface area contributed by atoms with Crippen molar-refractivity contribution in [3.8, 4) is 34.6 Å². The molecule has 5 amide bonds. The number of aliphatic hydroxyl groups is 5. The van der Waals surface area contributed by atoms with E-state index in [1.165, 1.54) is 36.7 Å². The number of nitrogens with zero attached hydrogens (tertiary/aromatic N) is 10. The van der Waals surface area contributed by atoms with Gasteiger partial charge in [-0.2, -0.15) is 17.6 Å². The third kappa shape index (κ3) is 28.0. The molecule has 33 nitrogen and oxygen atoms in total. The largest absolute Gasteiger partial charge is 0.481 e. The minimum Gasteiger partial charge on any atom is -0.481 e. The molecule has 6 fully saturated rings. The van der Waals surface area contributed by atoms with E-state index in [-0.39, 0.29) is 85.9 Å². The zero-order valence-corrected chi connectivity index (χ0v) is 83.8. The van der Waals surface area contributed by atoms with Gasteiger partial charge in [-0.1, -0.05) is 149 Å². The van der Waals surface area contributed by atoms with Crippen molar-refractivity contribution in [3.63, 3.8) is 0 Å². The lowest BCUT2D eigenvalue weighted by atomic mass is 9.92. The number of benzene rings is 5. The highest BCUT2D eigenvalue weighted by Crippen LogP contribution is 2.43. The maximum Gasteiger partial charge on any atom is 0.321 e. The van der Waals surface area contributed by atoms with Gasteiger partial charge in [0.05, 0.1) is 129 Å². The predicted octanol–water partition coefficient (Wildman–Crippen LogP) is 12.9. The summed E-state index contributed by atoms with van der Waals surface area (Å²) in [6.07, 6.45) is 21.6. The molecule has 0 radical (unpaired) electrons. The number of ether oxygens (including phenoxy) is 6. The van der Waals surface area contributed by atoms with Crippen molar-refractivity contribution in [3.05, 3.63) is 273 Å². The summed E-state index contributed by atoms with van der Waals surface area (Å²) in [5.74, 6) is 3.25. The van der Waals surface area contributed by atoms with Crippen LogP contribution in [0.15, 0.2) is 223 Å². The fourth-order valence-electron chi connectivity index (χ4n) is 20.8. The maximum absolute atomic E-state index is 13.1. The number of methoxy groups -OCH3 is 1. The fourth-order valence-corrected chi connectivity index (χ4v) is 20.8. The number of rotatable bonds is 24. The van der Waals surface area contributed by atoms with Crippen LogP contribution in [0.25, 0.3) is 0 Å². The summed E-state index contributed by atoms with van der Waals surface area (Å²) >= 11 is 0. The van der Waals surface area contributed by atoms with Gasteiger partial charge in [-0.05, 0) is 191 Å². The zero-order valence-electron chi connectivity index (χ0n) is 83.8. The average molecular weight is 2050 g/mol. The highest BCUT2D eigenvalue weighted by Gasteiger charge is 2.42. The summed E-state index contributed by atoms with van der Waals surface area (Å²) in [7, 11) is 1.59. The number of halogens is 4. The molecule has 6 saturated carbocycles. The molecular formula is C112H133F4N15O18. The van der Waals surface area contributed by atoms with Crippen LogP contribution in [-0.4, -0.2) is 210 Å². The number of alkyl halides is 4. The first-order chi connectivity index (χ1) is 72.2. The number of carbonyl (C=O) groups excluding carboxylic acids is 5. The van der Waals surface area contributed by atoms with E-state index in [0.717, 1.165) is 191 Å². The third-order valence-electron chi connectivity index (χ3n) is 29.2. The molecule has 6 aliphatic carbocycles. The van der Waals surface area contributed by atoms with Crippen LogP contribution in [-0.2, 0) is 56.7 Å². The van der Waals surface area contributed by atoms with E-state index in [2.05, 4.69) is 74.4 Å². The minimum absolute atomic E-state index is 0.150. The van der Waals surface area contributed by atoms with E-state index in [9.17, 15) is 76.7 Å². The topological polar surface area (TPSA) is 401 Å². The minimum atomic E-state index is -2.93. The SMILES string of the molecule is COc1ccc(CN2CC(C(=O)N[C@H]3CCCC[C@@H]3O)Oc3ccccc32)cn1.Cc1ccc(CN2CC(C(=O)N[C@H]3CCCC[C@@H]3O)Oc3ccccc32)cn1.O=C(N[C@H]1CCCC[C@@H]1O)C1CN(Cc2ccc(=O)n(C(F)F)c2)c2ccccc2O1.O=C(N[C@H]1CCCC[C@@H]1O)C1CN(Cc2ccc(C3CC3)nc2)c2ccccc2O1.O=C(N[C@H]1CCCC[C@@H]1O)C1CN(Cc2ccn(C(F)F)c(=O)c2)c2ccccc2O1. The van der Waals surface area contributed by atoms with E-state index in [4.69, 9.17) is 28.4 Å². The first-order valence-corrected chi connectivity index (χ1v) is 52.0. The molecular weight excluding hydrogens is 1920 g/mol. The van der Waals surface area contributed by atoms with Gasteiger partial charge in [0, 0.05) is 99.2 Å². The van der Waals surface area contributed by atoms with Gasteiger partial charge in [0.2, 0.25) is 5.88 Å². The molecule has 10 aromatic rings. The Labute approximate surface area is 862 Å². The number of anilines is 5. The van der Waals surface area contributed by atoms with Gasteiger partial charge >= 0.3 is 13.1 Å². The van der Waals surface area contributed by atoms with Gasteiger partial charge in [-0.3, -0.25) is 52.7 Å². The molecule has 5 aromatic carbocycles. The van der Waals surface area contributed by atoms with Crippen LogP contribution in [0.4, 0.5) is 46.0 Å². The zero-order chi connectivity index (χ0) is 104. The Bertz CT molecular complexity index is 6290. The van der Waals surface area contributed by atoms with E-state index in [1.54, 1.807) is 37.6 Å². The summed E-state index contributed by atoms with van der Waals surface area (Å²) in [5, 5.41) is 65.7. The first-order valence-electron chi connectivity index (χ1n) is 52.0. The van der Waals surface area contributed by atoms with Gasteiger partial charge < -0.3 is 105 Å². The Morgan fingerprint density at radius 3 is 0.919 bits per heavy atom. The highest BCUT2D eigenvalue weighted by atomic mass is 19.3. The average Bonchev–Trinajstić information content (AvgIpc) is 1.46. The van der Waals surface area contributed by atoms with E-state index in [0.29, 0.717) is 107 Å². The molecule has 0 bridgehead atoms. The number of pyridine rings is 5. The van der Waals surface area contributed by atoms with Crippen LogP contribution in [0.3, 0.4) is 0 Å². The quantitative estimate of drug-likeness (QED) is 0.0251. The molecule has 15 atom stereocenters. The van der Waals surface area contributed by atoms with Crippen LogP contribution in [0.1, 0.15) is 199 Å². The monoisotopic (exact) mass is 2050 g/mol. The third-order valence-corrected chi connectivity index (χ3v) is 29.2. The normalized spacial score (nSPS) is 24.0. The smallest absolute Gasteiger partial charge is 0.321 e. The van der Waals surface area contributed by atoms with Gasteiger partial charge in [-0.15, -0.1) is 0 Å². The molecule has 792 valence electrons. The standard InChI is InChI=1S/C24H29N3O3.2C22H25F2N3O4.C22H27N3O4.C22H27N3O3/c28-21-7-3-1-5-19(21)26-24(29)23-15-27(20-6-2-4-8-22(20)30-23)14-16-9-12-18(25-13-16)17-10-11-17;23-22(24)27-10-9-14(11-20(27)29)12-26-13-19(31-18-8-4-2-6-16(18)26)21(30)25-15-5-1-3-7-17(15)28;23-22(24)27-12-14(9-10-20(27)29)11-26-13-19(31-18-8-4-2-6-16(18)26)21(30)25-15-5-1-3-7-17(15)28;1-28-21-11-10-15(12-23-21)13-25-14-20(29-19-9-5-3-7-17(19)25)22(27)24-16-6-2-4-8-18(16)26;1-15-10-11-16(12-23-15)13-25-14-21(28-20-9-5-3-7-18(20)25)22(27)24-17-6-2-4-8-19(17)26/h2,4,6,8-9,12-13,17,19,21,23,28H,1,3,5,7,10-11,14-15H2,(H,26,29);2,4,6,8-11,15,17,19,22,28H,1,3,5,7,12-13H2,(H,25,30);2,4,6,8-10,12,15,17,19,22,28H,1,3,5,7,11,13H2,(H,25,30);3,5,7,9-12,16,18,20,26H,2,4,6,8,13-14H2,1H3,(H,24,27);3,5,7,9-12,17,19,21,26H,2,4,6,8,13-14H2,1H3,(H,24,27)/t19-,21-,23?;2*15-,17-,19?;16-,18-,20?;17-,19-,21?/m00000/s1. The molecule has 5 aliphatic heterocycles. The van der Waals surface area contributed by atoms with E-state index < -0.39 is 85.3 Å². The second-order valence-corrected chi connectivity index (χ2v) is 40.1. The second-order valence-electron chi connectivity index (χ2n) is 40.1. The Hall–Kier alpha value is -13.9. The predicted molar refractivity (Wildman–Crippen MR) is 551 cm³/mol. The number of fused-ring (bicyclic) bond motifs is 5. The first kappa shape index (κ1) is 106. The van der Waals surface area contributed by atoms with E-state index >= 15 is 0 Å². The Morgan fingerprint density at radius 1 is 0.342 bits per heavy atom. The van der Waals surface area contributed by atoms with E-state index in [1.807, 2.05) is 144 Å². The van der Waals surface area contributed by atoms with Gasteiger partial charge in [0.15, 0.2) is 30.5 Å². The Morgan fingerprint density at radius 2 is 0.638 bits per heavy atom. The summed E-state index contributed by atoms with van der Waals surface area (Å²) in [6.45, 7) is 0.354. The second kappa shape index (κ2) is 50.4. The van der Waals surface area contributed by atoms with Crippen LogP contribution in [0.5, 0.6) is 34.6 Å². The lowest BCUT2D eigenvalue weighted by Gasteiger charge is -2.37. The molecule has 0 saturated heterocycles. The van der Waals surface area contributed by atoms with Crippen LogP contribution in [0, 0.1) is 6.92 Å². The number of para-hydroxylation sites is 10. The fraction of sp³-hybridized carbons (Fsp3) is 0.464. The molecule has 11 aliphatic rings. The Balaban J connectivity index is 0.000000127. The van der Waals surface area contributed by atoms with Crippen molar-refractivity contribution in [1.82, 2.24) is 50.7 Å². The highest BCUT2D eigenvalue weighted by molar-refractivity contribution is 5.87. The van der Waals surface area contributed by atoms with Gasteiger partial charge in [0.1, 0.15) is 28.7 Å². The summed E-state index contributed by atoms with van der Waals surface area (Å²) in [5.41, 5.74) is 9.31. The number of aryl methyl sites for hydroxylation is 1. The molecule has 5 unspecified atom stereocenters. The number of hydrogen-bond donors (Lipinski definition) is 10. The molecule has 0 spiro atoms. The van der Waals surface area contributed by atoms with Crippen molar-refractivity contribution >= 4 is 58.0 Å². The number of aromatic nitrogens is 5. The van der Waals surface area contributed by atoms with Gasteiger partial charge in [0.25, 0.3) is 40.7 Å². The lowest BCUT2D eigenvalue weighted by molar-refractivity contribution is -0.130. The van der Waals surface area contributed by atoms with Crippen molar-refractivity contribution in [1.29, 1.82) is 0 Å². The van der Waals surface area contributed by atoms with Gasteiger partial charge in [-0.25, -0.2) is 4.98 Å². The summed E-state index contributed by atoms with van der Waals surface area (Å²) < 4.78 is 87.7.